The van der Waals surface area contributed by atoms with Gasteiger partial charge in [0.2, 0.25) is 0 Å². The zero-order valence-corrected chi connectivity index (χ0v) is 26.2. The summed E-state index contributed by atoms with van der Waals surface area (Å²) in [5.74, 6) is 1.26. The van der Waals surface area contributed by atoms with E-state index in [-0.39, 0.29) is 17.7 Å². The number of hydrogen-bond acceptors (Lipinski definition) is 8. The second kappa shape index (κ2) is 12.8. The average molecular weight is 621 g/mol. The summed E-state index contributed by atoms with van der Waals surface area (Å²) in [5.41, 5.74) is 3.06. The van der Waals surface area contributed by atoms with E-state index in [1.807, 2.05) is 48.5 Å². The topological polar surface area (TPSA) is 88.4 Å². The van der Waals surface area contributed by atoms with Crippen molar-refractivity contribution < 1.29 is 23.7 Å². The van der Waals surface area contributed by atoms with Gasteiger partial charge in [-0.25, -0.2) is 9.79 Å². The summed E-state index contributed by atoms with van der Waals surface area (Å²) in [7, 11) is 3.10. The maximum Gasteiger partial charge on any atom is 0.338 e. The second-order valence-electron chi connectivity index (χ2n) is 10.4. The monoisotopic (exact) mass is 620 g/mol. The Hall–Kier alpha value is -5.15. The van der Waals surface area contributed by atoms with E-state index in [0.717, 1.165) is 16.9 Å². The SMILES string of the molecule is CCOC(=O)C1=C(C)N=c2s/c(=C\c3ccc(OCc4cccc5ccccc45)cc3)c(=O)n2[C@@H]1c1ccc(OC)cc1OC. The number of thiazole rings is 1. The Balaban J connectivity index is 1.35. The summed E-state index contributed by atoms with van der Waals surface area (Å²) in [6, 6.07) is 26.5. The van der Waals surface area contributed by atoms with Crippen LogP contribution in [0.1, 0.15) is 36.6 Å². The lowest BCUT2D eigenvalue weighted by molar-refractivity contribution is -0.139. The fraction of sp³-hybridized carbons (Fsp3) is 0.194. The van der Waals surface area contributed by atoms with Crippen molar-refractivity contribution in [2.45, 2.75) is 26.5 Å². The summed E-state index contributed by atoms with van der Waals surface area (Å²) in [6.45, 7) is 4.12. The van der Waals surface area contributed by atoms with E-state index < -0.39 is 12.0 Å². The Morgan fingerprint density at radius 1 is 0.956 bits per heavy atom. The molecule has 1 aromatic heterocycles. The van der Waals surface area contributed by atoms with Crippen molar-refractivity contribution in [3.63, 3.8) is 0 Å². The number of ether oxygens (including phenoxy) is 4. The van der Waals surface area contributed by atoms with E-state index in [9.17, 15) is 9.59 Å². The fourth-order valence-electron chi connectivity index (χ4n) is 5.52. The van der Waals surface area contributed by atoms with Crippen LogP contribution in [0.25, 0.3) is 16.8 Å². The van der Waals surface area contributed by atoms with Crippen molar-refractivity contribution >= 4 is 34.2 Å². The number of fused-ring (bicyclic) bond motifs is 2. The minimum atomic E-state index is -0.798. The average Bonchev–Trinajstić information content (AvgIpc) is 3.37. The van der Waals surface area contributed by atoms with Gasteiger partial charge in [-0.15, -0.1) is 0 Å². The fourth-order valence-corrected chi connectivity index (χ4v) is 6.57. The molecular formula is C36H32N2O6S. The van der Waals surface area contributed by atoms with E-state index in [1.54, 1.807) is 43.7 Å². The number of benzene rings is 4. The molecule has 0 spiro atoms. The Labute approximate surface area is 264 Å². The van der Waals surface area contributed by atoms with Gasteiger partial charge in [-0.05, 0) is 66.1 Å². The van der Waals surface area contributed by atoms with E-state index in [4.69, 9.17) is 18.9 Å². The smallest absolute Gasteiger partial charge is 0.338 e. The van der Waals surface area contributed by atoms with Gasteiger partial charge in [0.25, 0.3) is 5.56 Å². The Bertz CT molecular complexity index is 2110. The van der Waals surface area contributed by atoms with Crippen LogP contribution < -0.4 is 29.1 Å². The van der Waals surface area contributed by atoms with Crippen LogP contribution in [0.2, 0.25) is 0 Å². The lowest BCUT2D eigenvalue weighted by Crippen LogP contribution is -2.40. The lowest BCUT2D eigenvalue weighted by Gasteiger charge is -2.26. The van der Waals surface area contributed by atoms with Crippen LogP contribution in [-0.4, -0.2) is 31.4 Å². The zero-order valence-electron chi connectivity index (χ0n) is 25.4. The first-order chi connectivity index (χ1) is 21.9. The van der Waals surface area contributed by atoms with Gasteiger partial charge < -0.3 is 18.9 Å². The molecule has 0 saturated carbocycles. The highest BCUT2D eigenvalue weighted by Crippen LogP contribution is 2.37. The molecule has 0 N–H and O–H groups in total. The van der Waals surface area contributed by atoms with Gasteiger partial charge in [-0.2, -0.15) is 0 Å². The van der Waals surface area contributed by atoms with E-state index in [0.29, 0.717) is 38.7 Å². The number of esters is 1. The van der Waals surface area contributed by atoms with E-state index in [1.165, 1.54) is 29.2 Å². The first kappa shape index (κ1) is 29.9. The van der Waals surface area contributed by atoms with Gasteiger partial charge in [0.1, 0.15) is 29.9 Å². The third-order valence-electron chi connectivity index (χ3n) is 7.70. The molecule has 1 aliphatic heterocycles. The number of aromatic nitrogens is 1. The van der Waals surface area contributed by atoms with Gasteiger partial charge in [0, 0.05) is 11.6 Å². The maximum atomic E-state index is 14.0. The summed E-state index contributed by atoms with van der Waals surface area (Å²) >= 11 is 1.27. The van der Waals surface area contributed by atoms with Gasteiger partial charge in [-0.1, -0.05) is 65.9 Å². The molecule has 0 fully saturated rings. The molecule has 5 aromatic rings. The van der Waals surface area contributed by atoms with Crippen LogP contribution in [0.15, 0.2) is 106 Å². The minimum Gasteiger partial charge on any atom is -0.497 e. The molecule has 1 atom stereocenters. The largest absolute Gasteiger partial charge is 0.497 e. The minimum absolute atomic E-state index is 0.189. The molecule has 0 unspecified atom stereocenters. The highest BCUT2D eigenvalue weighted by molar-refractivity contribution is 7.07. The molecule has 228 valence electrons. The molecular weight excluding hydrogens is 588 g/mol. The highest BCUT2D eigenvalue weighted by Gasteiger charge is 2.35. The lowest BCUT2D eigenvalue weighted by atomic mass is 9.95. The zero-order chi connectivity index (χ0) is 31.5. The van der Waals surface area contributed by atoms with Crippen molar-refractivity contribution in [3.05, 3.63) is 133 Å². The quantitative estimate of drug-likeness (QED) is 0.201. The highest BCUT2D eigenvalue weighted by atomic mass is 32.1. The third-order valence-corrected chi connectivity index (χ3v) is 8.69. The van der Waals surface area contributed by atoms with E-state index >= 15 is 0 Å². The first-order valence-corrected chi connectivity index (χ1v) is 15.3. The molecule has 4 aromatic carbocycles. The molecule has 6 rings (SSSR count). The van der Waals surface area contributed by atoms with E-state index in [2.05, 4.69) is 29.3 Å². The summed E-state index contributed by atoms with van der Waals surface area (Å²) in [4.78, 5) is 32.4. The Kier molecular flexibility index (Phi) is 8.53. The van der Waals surface area contributed by atoms with Crippen molar-refractivity contribution in [1.82, 2.24) is 4.57 Å². The summed E-state index contributed by atoms with van der Waals surface area (Å²) in [5, 5.41) is 2.34. The van der Waals surface area contributed by atoms with Crippen molar-refractivity contribution in [3.8, 4) is 17.2 Å². The van der Waals surface area contributed by atoms with Crippen LogP contribution in [0.3, 0.4) is 0 Å². The van der Waals surface area contributed by atoms with Crippen molar-refractivity contribution in [1.29, 1.82) is 0 Å². The number of allylic oxidation sites excluding steroid dienone is 1. The number of rotatable bonds is 9. The number of hydrogen-bond donors (Lipinski definition) is 0. The Morgan fingerprint density at radius 3 is 2.47 bits per heavy atom. The van der Waals surface area contributed by atoms with Crippen LogP contribution in [0.5, 0.6) is 17.2 Å². The van der Waals surface area contributed by atoms with Crippen LogP contribution >= 0.6 is 11.3 Å². The molecule has 0 bridgehead atoms. The molecule has 45 heavy (non-hydrogen) atoms. The molecule has 0 amide bonds. The third kappa shape index (κ3) is 5.86. The number of methoxy groups -OCH3 is 2. The predicted octanol–water partition coefficient (Wildman–Crippen LogP) is 5.55. The van der Waals surface area contributed by atoms with Crippen molar-refractivity contribution in [2.75, 3.05) is 20.8 Å². The number of carbonyl (C=O) groups excluding carboxylic acids is 1. The molecule has 1 aliphatic rings. The summed E-state index contributed by atoms with van der Waals surface area (Å²) in [6.07, 6.45) is 1.82. The van der Waals surface area contributed by atoms with Crippen LogP contribution in [0.4, 0.5) is 0 Å². The molecule has 8 nitrogen and oxygen atoms in total. The number of nitrogens with zero attached hydrogens (tertiary/aromatic N) is 2. The normalized spacial score (nSPS) is 14.6. The molecule has 9 heteroatoms. The number of carbonyl (C=O) groups is 1. The first-order valence-electron chi connectivity index (χ1n) is 14.5. The van der Waals surface area contributed by atoms with Crippen molar-refractivity contribution in [2.24, 2.45) is 4.99 Å². The summed E-state index contributed by atoms with van der Waals surface area (Å²) < 4.78 is 24.6. The predicted molar refractivity (Wildman–Crippen MR) is 175 cm³/mol. The van der Waals surface area contributed by atoms with Crippen LogP contribution in [-0.2, 0) is 16.1 Å². The second-order valence-corrected chi connectivity index (χ2v) is 11.4. The standard InChI is InChI=1S/C36H32N2O6S/c1-5-43-35(40)32-22(2)37-36-38(33(32)29-18-17-27(41-3)20-30(29)42-4)34(39)31(45-36)19-23-13-15-26(16-14-23)44-21-25-11-8-10-24-9-6-7-12-28(24)25/h6-20,33H,5,21H2,1-4H3/b31-19-/t33-/m1/s1. The van der Waals surface area contributed by atoms with Gasteiger partial charge in [-0.3, -0.25) is 9.36 Å². The molecule has 0 radical (unpaired) electrons. The van der Waals surface area contributed by atoms with Gasteiger partial charge in [0.05, 0.1) is 36.6 Å². The van der Waals surface area contributed by atoms with Crippen LogP contribution in [0, 0.1) is 0 Å². The van der Waals surface area contributed by atoms with Gasteiger partial charge >= 0.3 is 5.97 Å². The van der Waals surface area contributed by atoms with Gasteiger partial charge in [0.15, 0.2) is 4.80 Å². The molecule has 0 saturated heterocycles. The Morgan fingerprint density at radius 2 is 1.71 bits per heavy atom. The maximum absolute atomic E-state index is 14.0. The molecule has 2 heterocycles. The molecule has 0 aliphatic carbocycles.